The van der Waals surface area contributed by atoms with Crippen LogP contribution in [0.4, 0.5) is 4.79 Å². The summed E-state index contributed by atoms with van der Waals surface area (Å²) >= 11 is -3.07. The number of rotatable bonds is 5. The minimum atomic E-state index is -3.07. The monoisotopic (exact) mass is 250 g/mol. The standard InChI is InChI=1S/4C2H5.CH2NO.Zr/c4*1-2;2-1-3;/h4*1H2,2H3;(H2,2,3);. The van der Waals surface area contributed by atoms with E-state index < -0.39 is 18.8 Å². The van der Waals surface area contributed by atoms with Gasteiger partial charge in [-0.15, -0.1) is 0 Å². The van der Waals surface area contributed by atoms with Gasteiger partial charge in [-0.1, -0.05) is 0 Å². The van der Waals surface area contributed by atoms with Gasteiger partial charge in [0.05, 0.1) is 0 Å². The third-order valence-electron chi connectivity index (χ3n) is 4.40. The van der Waals surface area contributed by atoms with Crippen LogP contribution in [0.5, 0.6) is 0 Å². The first-order valence-corrected chi connectivity index (χ1v) is 13.2. The first-order valence-electron chi connectivity index (χ1n) is 4.99. The van der Waals surface area contributed by atoms with Crippen LogP contribution in [-0.4, -0.2) is 3.62 Å². The number of primary amides is 1. The third-order valence-corrected chi connectivity index (χ3v) is 26.1. The van der Waals surface area contributed by atoms with Gasteiger partial charge in [-0.2, -0.15) is 0 Å². The fourth-order valence-corrected chi connectivity index (χ4v) is 13.0. The SMILES string of the molecule is C[CH2][Zr]([CH2]C)([CH2]C)([CH2]C)[C](N)=O. The Balaban J connectivity index is 5.12. The summed E-state index contributed by atoms with van der Waals surface area (Å²) in [5, 5.41) is 0. The molecule has 0 aromatic rings. The second-order valence-corrected chi connectivity index (χ2v) is 23.0. The number of hydrogen-bond acceptors (Lipinski definition) is 1. The molecule has 0 atom stereocenters. The van der Waals surface area contributed by atoms with E-state index >= 15 is 0 Å². The van der Waals surface area contributed by atoms with Crippen molar-refractivity contribution in [2.75, 3.05) is 0 Å². The van der Waals surface area contributed by atoms with Gasteiger partial charge in [-0.05, 0) is 0 Å². The second-order valence-electron chi connectivity index (χ2n) is 3.99. The molecule has 12 heavy (non-hydrogen) atoms. The molecule has 0 saturated carbocycles. The van der Waals surface area contributed by atoms with Gasteiger partial charge in [-0.3, -0.25) is 0 Å². The fraction of sp³-hybridized carbons (Fsp3) is 0.889. The van der Waals surface area contributed by atoms with Crippen molar-refractivity contribution in [2.24, 2.45) is 5.73 Å². The number of carbonyl (C=O) groups excluding carboxylic acids is 1. The molecule has 0 radical (unpaired) electrons. The van der Waals surface area contributed by atoms with Crippen molar-refractivity contribution in [2.45, 2.75) is 44.2 Å². The second kappa shape index (κ2) is 4.04. The Hall–Kier alpha value is 0.353. The summed E-state index contributed by atoms with van der Waals surface area (Å²) in [7, 11) is 0. The normalized spacial score (nSPS) is 15.2. The molecule has 0 fully saturated rings. The molecular formula is C9H22NOZr. The van der Waals surface area contributed by atoms with Crippen LogP contribution in [0.25, 0.3) is 0 Å². The molecule has 0 aliphatic rings. The van der Waals surface area contributed by atoms with Crippen molar-refractivity contribution in [1.82, 2.24) is 0 Å². The van der Waals surface area contributed by atoms with E-state index in [1.165, 1.54) is 0 Å². The number of amides is 1. The van der Waals surface area contributed by atoms with E-state index in [0.717, 1.165) is 16.5 Å². The maximum atomic E-state index is 11.6. The van der Waals surface area contributed by atoms with Crippen LogP contribution in [0.3, 0.4) is 0 Å². The van der Waals surface area contributed by atoms with Gasteiger partial charge < -0.3 is 0 Å². The zero-order valence-corrected chi connectivity index (χ0v) is 11.3. The number of nitrogens with two attached hydrogens (primary N) is 1. The van der Waals surface area contributed by atoms with E-state index in [4.69, 9.17) is 5.73 Å². The molecule has 3 heteroatoms. The Labute approximate surface area is 77.0 Å². The van der Waals surface area contributed by atoms with Crippen LogP contribution in [0.15, 0.2) is 0 Å². The summed E-state index contributed by atoms with van der Waals surface area (Å²) in [5.74, 6) is 0. The quantitative estimate of drug-likeness (QED) is 0.798. The van der Waals surface area contributed by atoms with Crippen LogP contribution in [0.1, 0.15) is 27.7 Å². The Bertz CT molecular complexity index is 152. The first-order chi connectivity index (χ1) is 5.51. The van der Waals surface area contributed by atoms with E-state index in [1.807, 2.05) is 0 Å². The van der Waals surface area contributed by atoms with Gasteiger partial charge in [0.15, 0.2) is 0 Å². The van der Waals surface area contributed by atoms with Crippen LogP contribution in [0.2, 0.25) is 16.5 Å². The first kappa shape index (κ1) is 12.4. The number of carbonyl (C=O) groups is 1. The fourth-order valence-electron chi connectivity index (χ4n) is 2.20. The third kappa shape index (κ3) is 1.53. The molecule has 0 rings (SSSR count). The van der Waals surface area contributed by atoms with Gasteiger partial charge >= 0.3 is 77.1 Å². The topological polar surface area (TPSA) is 43.1 Å². The zero-order valence-electron chi connectivity index (χ0n) is 8.81. The molecule has 0 aromatic carbocycles. The number of hydrogen-bond donors (Lipinski definition) is 1. The predicted molar refractivity (Wildman–Crippen MR) is 51.5 cm³/mol. The van der Waals surface area contributed by atoms with Crippen LogP contribution >= 0.6 is 0 Å². The van der Waals surface area contributed by atoms with Crippen molar-refractivity contribution >= 4 is 3.62 Å². The van der Waals surface area contributed by atoms with Crippen LogP contribution < -0.4 is 5.73 Å². The van der Waals surface area contributed by atoms with Gasteiger partial charge in [-0.25, -0.2) is 0 Å². The molecule has 0 aromatic heterocycles. The summed E-state index contributed by atoms with van der Waals surface area (Å²) in [6.07, 6.45) is 0. The van der Waals surface area contributed by atoms with E-state index in [0.29, 0.717) is 0 Å². The Morgan fingerprint density at radius 1 is 1.00 bits per heavy atom. The molecule has 0 aliphatic carbocycles. The molecule has 0 spiro atoms. The van der Waals surface area contributed by atoms with Crippen LogP contribution in [-0.2, 0) is 18.8 Å². The summed E-state index contributed by atoms with van der Waals surface area (Å²) in [6.45, 7) is 8.58. The molecule has 0 aliphatic heterocycles. The molecule has 0 saturated heterocycles. The molecule has 0 heterocycles. The molecule has 0 bridgehead atoms. The zero-order chi connectivity index (χ0) is 9.85. The van der Waals surface area contributed by atoms with Crippen molar-refractivity contribution in [3.8, 4) is 0 Å². The molecule has 0 unspecified atom stereocenters. The summed E-state index contributed by atoms with van der Waals surface area (Å²) < 4.78 is 4.30. The van der Waals surface area contributed by atoms with Crippen molar-refractivity contribution in [3.05, 3.63) is 0 Å². The van der Waals surface area contributed by atoms with Gasteiger partial charge in [0.2, 0.25) is 0 Å². The van der Waals surface area contributed by atoms with E-state index in [9.17, 15) is 4.79 Å². The van der Waals surface area contributed by atoms with Gasteiger partial charge in [0.25, 0.3) is 0 Å². The molecular weight excluding hydrogens is 229 g/mol. The van der Waals surface area contributed by atoms with Gasteiger partial charge in [0.1, 0.15) is 0 Å². The van der Waals surface area contributed by atoms with Gasteiger partial charge in [0, 0.05) is 0 Å². The van der Waals surface area contributed by atoms with Crippen LogP contribution in [0, 0.1) is 0 Å². The predicted octanol–water partition coefficient (Wildman–Crippen LogP) is 3.51. The average Bonchev–Trinajstić information content (AvgIpc) is 2.10. The summed E-state index contributed by atoms with van der Waals surface area (Å²) in [5.41, 5.74) is 5.60. The Morgan fingerprint density at radius 3 is 1.25 bits per heavy atom. The molecule has 2 nitrogen and oxygen atoms in total. The van der Waals surface area contributed by atoms with E-state index in [2.05, 4.69) is 27.7 Å². The van der Waals surface area contributed by atoms with E-state index in [-0.39, 0.29) is 3.62 Å². The summed E-state index contributed by atoms with van der Waals surface area (Å²) in [4.78, 5) is 11.6. The maximum absolute atomic E-state index is 11.6. The molecule has 73 valence electrons. The summed E-state index contributed by atoms with van der Waals surface area (Å²) in [6, 6.07) is 0. The van der Waals surface area contributed by atoms with Crippen molar-refractivity contribution < 1.29 is 23.6 Å². The molecule has 1 amide bonds. The Kier molecular flexibility index (Phi) is 4.16. The molecule has 2 N–H and O–H groups in total. The average molecular weight is 252 g/mol. The minimum absolute atomic E-state index is 0.0754. The van der Waals surface area contributed by atoms with Crippen molar-refractivity contribution in [1.29, 1.82) is 0 Å². The Morgan fingerprint density at radius 2 is 1.25 bits per heavy atom. The van der Waals surface area contributed by atoms with E-state index in [1.54, 1.807) is 0 Å². The van der Waals surface area contributed by atoms with Crippen molar-refractivity contribution in [3.63, 3.8) is 0 Å².